The van der Waals surface area contributed by atoms with Gasteiger partial charge in [0.1, 0.15) is 11.4 Å². The lowest BCUT2D eigenvalue weighted by Crippen LogP contribution is -2.37. The zero-order chi connectivity index (χ0) is 21.7. The number of anilines is 2. The minimum Gasteiger partial charge on any atom is -0.398 e. The number of nitrogens with two attached hydrogens (primary N) is 1. The van der Waals surface area contributed by atoms with E-state index in [9.17, 15) is 20.2 Å². The standard InChI is InChI=1S/C19H15ClN6O4/c20-14-3-1-13(2-4-14)18(12-24-9-7-15(21)8-10-24)23-22-17-6-5-16(25(27)28)11-19(17)26(29)30/h1-11,21-22H,12H2/p+1/b23-18-. The Labute approximate surface area is 175 Å². The predicted octanol–water partition coefficient (Wildman–Crippen LogP) is 3.54. The molecular formula is C19H16ClN6O4+. The monoisotopic (exact) mass is 427 g/mol. The summed E-state index contributed by atoms with van der Waals surface area (Å²) in [4.78, 5) is 20.8. The third-order valence-electron chi connectivity index (χ3n) is 4.13. The number of rotatable bonds is 7. The van der Waals surface area contributed by atoms with Crippen LogP contribution in [0.4, 0.5) is 22.7 Å². The molecule has 0 spiro atoms. The van der Waals surface area contributed by atoms with Crippen LogP contribution in [-0.2, 0) is 6.54 Å². The van der Waals surface area contributed by atoms with E-state index in [0.29, 0.717) is 23.0 Å². The minimum absolute atomic E-state index is 0.0272. The van der Waals surface area contributed by atoms with Crippen LogP contribution < -0.4 is 15.7 Å². The maximum Gasteiger partial charge on any atom is 0.301 e. The van der Waals surface area contributed by atoms with Gasteiger partial charge in [-0.05, 0) is 18.2 Å². The number of nitro benzene ring substituents is 2. The number of nitrogens with one attached hydrogen (secondary N) is 1. The first-order valence-corrected chi connectivity index (χ1v) is 8.97. The van der Waals surface area contributed by atoms with Crippen molar-refractivity contribution in [3.05, 3.63) is 97.8 Å². The molecule has 0 saturated heterocycles. The number of pyridine rings is 1. The molecule has 0 bridgehead atoms. The quantitative estimate of drug-likeness (QED) is 0.255. The Morgan fingerprint density at radius 1 is 1.03 bits per heavy atom. The van der Waals surface area contributed by atoms with Crippen molar-refractivity contribution in [2.24, 2.45) is 5.10 Å². The van der Waals surface area contributed by atoms with E-state index in [-0.39, 0.29) is 11.4 Å². The Balaban J connectivity index is 1.97. The number of benzene rings is 2. The SMILES string of the molecule is Nc1cc[n+](C/C(=N/Nc2ccc([N+](=O)[O-])cc2[N+](=O)[O-])c2ccc(Cl)cc2)cc1. The van der Waals surface area contributed by atoms with Gasteiger partial charge in [-0.1, -0.05) is 23.7 Å². The molecule has 2 aromatic carbocycles. The van der Waals surface area contributed by atoms with Crippen LogP contribution in [0.25, 0.3) is 0 Å². The summed E-state index contributed by atoms with van der Waals surface area (Å²) in [5.41, 5.74) is 9.46. The first kappa shape index (κ1) is 20.7. The molecule has 1 aromatic heterocycles. The van der Waals surface area contributed by atoms with Gasteiger partial charge in [0.25, 0.3) is 5.69 Å². The van der Waals surface area contributed by atoms with Crippen molar-refractivity contribution in [3.63, 3.8) is 0 Å². The van der Waals surface area contributed by atoms with E-state index in [2.05, 4.69) is 10.5 Å². The smallest absolute Gasteiger partial charge is 0.301 e. The lowest BCUT2D eigenvalue weighted by molar-refractivity contribution is -0.681. The third kappa shape index (κ3) is 5.06. The summed E-state index contributed by atoms with van der Waals surface area (Å²) in [6.45, 7) is 0.329. The summed E-state index contributed by atoms with van der Waals surface area (Å²) in [6.07, 6.45) is 3.55. The van der Waals surface area contributed by atoms with Crippen LogP contribution in [0.3, 0.4) is 0 Å². The largest absolute Gasteiger partial charge is 0.398 e. The molecule has 0 fully saturated rings. The maximum absolute atomic E-state index is 11.3. The van der Waals surface area contributed by atoms with Crippen LogP contribution in [0.15, 0.2) is 72.1 Å². The van der Waals surface area contributed by atoms with E-state index in [4.69, 9.17) is 17.3 Å². The van der Waals surface area contributed by atoms with Crippen LogP contribution in [0.1, 0.15) is 5.56 Å². The fraction of sp³-hybridized carbons (Fsp3) is 0.0526. The summed E-state index contributed by atoms with van der Waals surface area (Å²) in [5, 5.41) is 27.1. The van der Waals surface area contributed by atoms with Crippen LogP contribution in [0.5, 0.6) is 0 Å². The van der Waals surface area contributed by atoms with Gasteiger partial charge in [0, 0.05) is 34.5 Å². The highest BCUT2D eigenvalue weighted by atomic mass is 35.5. The number of nitro groups is 2. The molecule has 30 heavy (non-hydrogen) atoms. The highest BCUT2D eigenvalue weighted by Crippen LogP contribution is 2.29. The van der Waals surface area contributed by atoms with Gasteiger partial charge in [-0.2, -0.15) is 9.67 Å². The summed E-state index contributed by atoms with van der Waals surface area (Å²) < 4.78 is 1.83. The highest BCUT2D eigenvalue weighted by Gasteiger charge is 2.20. The van der Waals surface area contributed by atoms with Gasteiger partial charge in [-0.3, -0.25) is 25.7 Å². The average Bonchev–Trinajstić information content (AvgIpc) is 2.73. The number of hydrogen-bond acceptors (Lipinski definition) is 7. The van der Waals surface area contributed by atoms with Gasteiger partial charge < -0.3 is 5.73 Å². The van der Waals surface area contributed by atoms with Crippen LogP contribution in [0, 0.1) is 20.2 Å². The second-order valence-electron chi connectivity index (χ2n) is 6.20. The molecule has 11 heteroatoms. The lowest BCUT2D eigenvalue weighted by Gasteiger charge is -2.07. The molecule has 10 nitrogen and oxygen atoms in total. The van der Waals surface area contributed by atoms with E-state index in [1.54, 1.807) is 48.8 Å². The van der Waals surface area contributed by atoms with Crippen LogP contribution in [-0.4, -0.2) is 15.6 Å². The number of hydrogen-bond donors (Lipinski definition) is 2. The third-order valence-corrected chi connectivity index (χ3v) is 4.38. The fourth-order valence-electron chi connectivity index (χ4n) is 2.59. The molecule has 0 aliphatic carbocycles. The molecule has 0 aliphatic heterocycles. The van der Waals surface area contributed by atoms with Gasteiger partial charge in [-0.15, -0.1) is 0 Å². The molecule has 3 rings (SSSR count). The second kappa shape index (κ2) is 8.97. The molecule has 0 aliphatic rings. The normalized spacial score (nSPS) is 11.2. The zero-order valence-corrected chi connectivity index (χ0v) is 16.2. The highest BCUT2D eigenvalue weighted by molar-refractivity contribution is 6.30. The Kier molecular flexibility index (Phi) is 6.18. The first-order valence-electron chi connectivity index (χ1n) is 8.59. The van der Waals surface area contributed by atoms with E-state index >= 15 is 0 Å². The maximum atomic E-state index is 11.3. The van der Waals surface area contributed by atoms with Crippen molar-refractivity contribution in [1.29, 1.82) is 0 Å². The van der Waals surface area contributed by atoms with E-state index in [1.807, 2.05) is 4.57 Å². The zero-order valence-electron chi connectivity index (χ0n) is 15.4. The van der Waals surface area contributed by atoms with Gasteiger partial charge in [0.2, 0.25) is 0 Å². The fourth-order valence-corrected chi connectivity index (χ4v) is 2.71. The first-order chi connectivity index (χ1) is 14.3. The summed E-state index contributed by atoms with van der Waals surface area (Å²) in [7, 11) is 0. The predicted molar refractivity (Wildman–Crippen MR) is 112 cm³/mol. The number of hydrazone groups is 1. The Hall–Kier alpha value is -4.05. The molecule has 3 aromatic rings. The number of nitrogen functional groups attached to an aromatic ring is 1. The van der Waals surface area contributed by atoms with E-state index in [0.717, 1.165) is 11.6 Å². The van der Waals surface area contributed by atoms with Gasteiger partial charge in [-0.25, -0.2) is 0 Å². The average molecular weight is 428 g/mol. The summed E-state index contributed by atoms with van der Waals surface area (Å²) in [6, 6.07) is 13.7. The van der Waals surface area contributed by atoms with Crippen molar-refractivity contribution < 1.29 is 14.4 Å². The second-order valence-corrected chi connectivity index (χ2v) is 6.63. The molecular weight excluding hydrogens is 412 g/mol. The molecule has 0 unspecified atom stereocenters. The molecule has 0 radical (unpaired) electrons. The number of non-ortho nitro benzene ring substituents is 1. The lowest BCUT2D eigenvalue weighted by atomic mass is 10.1. The number of nitrogens with zero attached hydrogens (tertiary/aromatic N) is 4. The number of halogens is 1. The molecule has 0 amide bonds. The molecule has 0 atom stereocenters. The minimum atomic E-state index is -0.707. The van der Waals surface area contributed by atoms with Gasteiger partial charge in [0.15, 0.2) is 18.9 Å². The molecule has 3 N–H and O–H groups in total. The van der Waals surface area contributed by atoms with Crippen molar-refractivity contribution in [2.45, 2.75) is 6.54 Å². The van der Waals surface area contributed by atoms with E-state index in [1.165, 1.54) is 12.1 Å². The van der Waals surface area contributed by atoms with Crippen LogP contribution >= 0.6 is 11.6 Å². The molecule has 152 valence electrons. The van der Waals surface area contributed by atoms with Gasteiger partial charge in [0.05, 0.1) is 15.9 Å². The number of aromatic nitrogens is 1. The Morgan fingerprint density at radius 3 is 2.30 bits per heavy atom. The van der Waals surface area contributed by atoms with Gasteiger partial charge >= 0.3 is 5.69 Å². The van der Waals surface area contributed by atoms with Crippen molar-refractivity contribution in [2.75, 3.05) is 11.2 Å². The van der Waals surface area contributed by atoms with E-state index < -0.39 is 15.5 Å². The van der Waals surface area contributed by atoms with Crippen molar-refractivity contribution in [1.82, 2.24) is 0 Å². The van der Waals surface area contributed by atoms with Crippen molar-refractivity contribution in [3.8, 4) is 0 Å². The molecule has 1 heterocycles. The Morgan fingerprint density at radius 2 is 1.70 bits per heavy atom. The summed E-state index contributed by atoms with van der Waals surface area (Å²) >= 11 is 5.96. The van der Waals surface area contributed by atoms with Crippen molar-refractivity contribution >= 4 is 40.1 Å². The molecule has 0 saturated carbocycles. The summed E-state index contributed by atoms with van der Waals surface area (Å²) in [5.74, 6) is 0. The Bertz CT molecular complexity index is 1120. The van der Waals surface area contributed by atoms with Crippen LogP contribution in [0.2, 0.25) is 5.02 Å². The topological polar surface area (TPSA) is 141 Å².